The van der Waals surface area contributed by atoms with E-state index in [1.165, 1.54) is 0 Å². The van der Waals surface area contributed by atoms with E-state index in [4.69, 9.17) is 8.78 Å². The Morgan fingerprint density at radius 1 is 1.08 bits per heavy atom. The normalized spacial score (nSPS) is 23.5. The summed E-state index contributed by atoms with van der Waals surface area (Å²) in [5, 5.41) is 0.968. The van der Waals surface area contributed by atoms with Gasteiger partial charge in [0, 0.05) is 37.4 Å². The van der Waals surface area contributed by atoms with Crippen LogP contribution in [-0.2, 0) is 21.3 Å². The zero-order valence-corrected chi connectivity index (χ0v) is 23.0. The van der Waals surface area contributed by atoms with Crippen LogP contribution in [0.2, 0.25) is 0 Å². The molecule has 9 heteroatoms. The topological polar surface area (TPSA) is 66.1 Å². The standard InChI is InChI=1S/C30H35F2N3O3S/c1-21-4-10-26(11-5-21)39(37,33-24-8-9-24)35-17-2-3-27(35)29(36)34(25-12-15-30(31,32)16-13-25)20-22-6-7-23-14-18-38-28(23)19-22/h4-7,10-11,14,18-19,24-25,27H,2-3,8-9,12-13,15-17,20H2,1H3/t27-,39?/m0/s1. The van der Waals surface area contributed by atoms with Gasteiger partial charge in [-0.15, -0.1) is 0 Å². The number of benzene rings is 2. The predicted molar refractivity (Wildman–Crippen MR) is 147 cm³/mol. The van der Waals surface area contributed by atoms with Gasteiger partial charge in [0.25, 0.3) is 0 Å². The molecular formula is C30H35F2N3O3S. The lowest BCUT2D eigenvalue weighted by atomic mass is 9.90. The first-order valence-electron chi connectivity index (χ1n) is 14.0. The fourth-order valence-electron chi connectivity index (χ4n) is 5.85. The zero-order chi connectivity index (χ0) is 27.2. The van der Waals surface area contributed by atoms with E-state index in [1.54, 1.807) is 11.2 Å². The molecule has 39 heavy (non-hydrogen) atoms. The number of hydrogen-bond donors (Lipinski definition) is 0. The van der Waals surface area contributed by atoms with Crippen LogP contribution in [0.1, 0.15) is 62.5 Å². The number of aryl methyl sites for hydroxylation is 1. The van der Waals surface area contributed by atoms with E-state index in [1.807, 2.05) is 59.8 Å². The van der Waals surface area contributed by atoms with Gasteiger partial charge in [0.2, 0.25) is 11.8 Å². The van der Waals surface area contributed by atoms with Gasteiger partial charge >= 0.3 is 0 Å². The highest BCUT2D eigenvalue weighted by molar-refractivity contribution is 7.91. The third-order valence-corrected chi connectivity index (χ3v) is 10.8. The maximum atomic E-state index is 14.7. The van der Waals surface area contributed by atoms with Gasteiger partial charge in [0.15, 0.2) is 0 Å². The lowest BCUT2D eigenvalue weighted by molar-refractivity contribution is -0.141. The average molecular weight is 556 g/mol. The SMILES string of the molecule is Cc1ccc(S(=O)(=NC2CC2)N2CCC[C@H]2C(=O)N(Cc2ccc3ccoc3c2)C2CCC(F)(F)CC2)cc1. The molecule has 0 radical (unpaired) electrons. The van der Waals surface area contributed by atoms with Gasteiger partial charge in [-0.25, -0.2) is 21.7 Å². The molecule has 0 spiro atoms. The summed E-state index contributed by atoms with van der Waals surface area (Å²) in [5.41, 5.74) is 2.67. The van der Waals surface area contributed by atoms with E-state index >= 15 is 0 Å². The fraction of sp³-hybridized carbons (Fsp3) is 0.500. The second kappa shape index (κ2) is 10.3. The molecule has 3 aromatic rings. The largest absolute Gasteiger partial charge is 0.464 e. The number of carbonyl (C=O) groups is 1. The molecule has 2 heterocycles. The van der Waals surface area contributed by atoms with E-state index in [9.17, 15) is 17.8 Å². The molecule has 2 atom stereocenters. The summed E-state index contributed by atoms with van der Waals surface area (Å²) in [6.07, 6.45) is 4.77. The molecule has 6 nitrogen and oxygen atoms in total. The van der Waals surface area contributed by atoms with Crippen LogP contribution in [-0.4, -0.2) is 49.9 Å². The summed E-state index contributed by atoms with van der Waals surface area (Å²) in [4.78, 5) is 16.8. The summed E-state index contributed by atoms with van der Waals surface area (Å²) in [5.74, 6) is -2.84. The molecule has 1 aromatic heterocycles. The van der Waals surface area contributed by atoms with Gasteiger partial charge < -0.3 is 9.32 Å². The van der Waals surface area contributed by atoms with Gasteiger partial charge in [-0.2, -0.15) is 0 Å². The maximum absolute atomic E-state index is 14.7. The molecule has 1 saturated heterocycles. The predicted octanol–water partition coefficient (Wildman–Crippen LogP) is 6.72. The lowest BCUT2D eigenvalue weighted by Crippen LogP contribution is -2.52. The Balaban J connectivity index is 1.34. The number of amides is 1. The first-order valence-corrected chi connectivity index (χ1v) is 15.4. The van der Waals surface area contributed by atoms with Crippen molar-refractivity contribution in [1.82, 2.24) is 9.21 Å². The van der Waals surface area contributed by atoms with Gasteiger partial charge in [0.1, 0.15) is 21.5 Å². The maximum Gasteiger partial charge on any atom is 0.248 e. The Hall–Kier alpha value is -2.78. The van der Waals surface area contributed by atoms with Crippen LogP contribution in [0.15, 0.2) is 68.5 Å². The fourth-order valence-corrected chi connectivity index (χ4v) is 8.38. The number of fused-ring (bicyclic) bond motifs is 1. The lowest BCUT2D eigenvalue weighted by Gasteiger charge is -2.39. The van der Waals surface area contributed by atoms with E-state index < -0.39 is 21.9 Å². The van der Waals surface area contributed by atoms with Crippen LogP contribution < -0.4 is 0 Å². The smallest absolute Gasteiger partial charge is 0.248 e. The second-order valence-corrected chi connectivity index (χ2v) is 13.4. The Morgan fingerprint density at radius 2 is 1.82 bits per heavy atom. The number of nitrogens with zero attached hydrogens (tertiary/aromatic N) is 3. The van der Waals surface area contributed by atoms with Crippen LogP contribution in [0.4, 0.5) is 8.78 Å². The highest BCUT2D eigenvalue weighted by Gasteiger charge is 2.44. The molecule has 1 amide bonds. The monoisotopic (exact) mass is 555 g/mol. The average Bonchev–Trinajstić information content (AvgIpc) is 3.37. The summed E-state index contributed by atoms with van der Waals surface area (Å²) < 4.78 is 55.1. The number of rotatable bonds is 7. The van der Waals surface area contributed by atoms with Crippen molar-refractivity contribution in [2.75, 3.05) is 6.54 Å². The molecule has 1 unspecified atom stereocenters. The van der Waals surface area contributed by atoms with Crippen LogP contribution in [0, 0.1) is 6.92 Å². The van der Waals surface area contributed by atoms with Crippen molar-refractivity contribution in [1.29, 1.82) is 0 Å². The minimum Gasteiger partial charge on any atom is -0.464 e. The third kappa shape index (κ3) is 5.48. The van der Waals surface area contributed by atoms with Crippen LogP contribution in [0.25, 0.3) is 11.0 Å². The van der Waals surface area contributed by atoms with E-state index in [-0.39, 0.29) is 43.7 Å². The number of furan rings is 1. The molecule has 6 rings (SSSR count). The summed E-state index contributed by atoms with van der Waals surface area (Å²) in [7, 11) is -2.99. The molecule has 208 valence electrons. The van der Waals surface area contributed by atoms with E-state index in [2.05, 4.69) is 0 Å². The molecule has 0 N–H and O–H groups in total. The van der Waals surface area contributed by atoms with Gasteiger partial charge in [-0.05, 0) is 75.3 Å². The second-order valence-electron chi connectivity index (χ2n) is 11.3. The molecular weight excluding hydrogens is 520 g/mol. The van der Waals surface area contributed by atoms with Crippen molar-refractivity contribution in [2.45, 2.75) is 93.8 Å². The first-order chi connectivity index (χ1) is 18.7. The highest BCUT2D eigenvalue weighted by atomic mass is 32.2. The molecule has 0 bridgehead atoms. The quantitative estimate of drug-likeness (QED) is 0.325. The van der Waals surface area contributed by atoms with Crippen molar-refractivity contribution in [3.8, 4) is 0 Å². The first kappa shape index (κ1) is 26.4. The number of halogens is 2. The number of carbonyl (C=O) groups excluding carboxylic acids is 1. The molecule has 3 fully saturated rings. The van der Waals surface area contributed by atoms with Crippen molar-refractivity contribution in [3.05, 3.63) is 65.9 Å². The third-order valence-electron chi connectivity index (χ3n) is 8.26. The molecule has 2 aliphatic carbocycles. The van der Waals surface area contributed by atoms with Gasteiger partial charge in [0.05, 0.1) is 17.2 Å². The van der Waals surface area contributed by atoms with Gasteiger partial charge in [-0.1, -0.05) is 29.8 Å². The van der Waals surface area contributed by atoms with Crippen LogP contribution in [0.3, 0.4) is 0 Å². The van der Waals surface area contributed by atoms with Crippen LogP contribution in [0.5, 0.6) is 0 Å². The molecule has 3 aliphatic rings. The Bertz CT molecular complexity index is 1460. The number of alkyl halides is 2. The molecule has 2 aromatic carbocycles. The Kier molecular flexibility index (Phi) is 7.00. The van der Waals surface area contributed by atoms with Crippen molar-refractivity contribution < 1.29 is 22.2 Å². The zero-order valence-electron chi connectivity index (χ0n) is 22.2. The van der Waals surface area contributed by atoms with Gasteiger partial charge in [-0.3, -0.25) is 4.79 Å². The van der Waals surface area contributed by atoms with Crippen LogP contribution >= 0.6 is 0 Å². The molecule has 2 saturated carbocycles. The highest BCUT2D eigenvalue weighted by Crippen LogP contribution is 2.38. The van der Waals surface area contributed by atoms with E-state index in [0.717, 1.165) is 41.4 Å². The minimum atomic E-state index is -2.99. The van der Waals surface area contributed by atoms with Crippen molar-refractivity contribution in [3.63, 3.8) is 0 Å². The Labute approximate surface area is 228 Å². The summed E-state index contributed by atoms with van der Waals surface area (Å²) in [6.45, 7) is 2.78. The summed E-state index contributed by atoms with van der Waals surface area (Å²) in [6, 6.07) is 14.4. The van der Waals surface area contributed by atoms with E-state index in [0.29, 0.717) is 24.4 Å². The van der Waals surface area contributed by atoms with Crippen molar-refractivity contribution in [2.24, 2.45) is 4.36 Å². The minimum absolute atomic E-state index is 0.0480. The molecule has 1 aliphatic heterocycles. The summed E-state index contributed by atoms with van der Waals surface area (Å²) >= 11 is 0. The Morgan fingerprint density at radius 3 is 2.54 bits per heavy atom. The van der Waals surface area contributed by atoms with Crippen molar-refractivity contribution >= 4 is 26.8 Å². The number of hydrogen-bond acceptors (Lipinski definition) is 4.